The van der Waals surface area contributed by atoms with E-state index in [1.165, 1.54) is 6.26 Å². The molecule has 10 heteroatoms. The van der Waals surface area contributed by atoms with Crippen molar-refractivity contribution >= 4 is 27.3 Å². The minimum absolute atomic E-state index is 0.0162. The first-order chi connectivity index (χ1) is 11.8. The molecule has 0 saturated carbocycles. The van der Waals surface area contributed by atoms with Crippen LogP contribution < -0.4 is 0 Å². The van der Waals surface area contributed by atoms with E-state index in [2.05, 4.69) is 14.7 Å². The first-order valence-corrected chi connectivity index (χ1v) is 10.8. The highest BCUT2D eigenvalue weighted by Crippen LogP contribution is 2.33. The quantitative estimate of drug-likeness (QED) is 0.797. The van der Waals surface area contributed by atoms with Gasteiger partial charge in [0.05, 0.1) is 5.69 Å². The molecule has 0 aliphatic carbocycles. The number of carbonyl (C=O) groups is 1. The summed E-state index contributed by atoms with van der Waals surface area (Å²) in [6, 6.07) is 1.85. The van der Waals surface area contributed by atoms with Gasteiger partial charge in [0.15, 0.2) is 14.0 Å². The van der Waals surface area contributed by atoms with Crippen LogP contribution in [0.3, 0.4) is 0 Å². The zero-order valence-electron chi connectivity index (χ0n) is 14.4. The van der Waals surface area contributed by atoms with Crippen LogP contribution in [0.5, 0.6) is 0 Å². The number of carbonyl (C=O) groups excluding carboxylic acids is 1. The third-order valence-corrected chi connectivity index (χ3v) is 6.92. The average Bonchev–Trinajstić information content (AvgIpc) is 3.23. The van der Waals surface area contributed by atoms with Crippen LogP contribution in [-0.2, 0) is 9.84 Å². The van der Waals surface area contributed by atoms with Crippen molar-refractivity contribution in [2.75, 3.05) is 19.3 Å². The van der Waals surface area contributed by atoms with Gasteiger partial charge < -0.3 is 4.90 Å². The van der Waals surface area contributed by atoms with Gasteiger partial charge in [-0.15, -0.1) is 5.10 Å². The summed E-state index contributed by atoms with van der Waals surface area (Å²) in [6.45, 7) is 5.09. The van der Waals surface area contributed by atoms with E-state index >= 15 is 0 Å². The minimum atomic E-state index is -3.32. The molecule has 0 spiro atoms. The van der Waals surface area contributed by atoms with Crippen molar-refractivity contribution < 1.29 is 13.2 Å². The fraction of sp³-hybridized carbons (Fsp3) is 0.600. The zero-order chi connectivity index (χ0) is 18.2. The number of likely N-dealkylation sites (tertiary alicyclic amines) is 1. The molecule has 1 amide bonds. The highest BCUT2D eigenvalue weighted by atomic mass is 32.2. The fourth-order valence-electron chi connectivity index (χ4n) is 3.11. The van der Waals surface area contributed by atoms with Crippen LogP contribution in [0.1, 0.15) is 54.8 Å². The van der Waals surface area contributed by atoms with Crippen LogP contribution in [0.2, 0.25) is 0 Å². The van der Waals surface area contributed by atoms with E-state index in [0.717, 1.165) is 11.5 Å². The van der Waals surface area contributed by atoms with Crippen molar-refractivity contribution in [3.63, 3.8) is 0 Å². The Balaban J connectivity index is 1.71. The van der Waals surface area contributed by atoms with Gasteiger partial charge in [0.2, 0.25) is 0 Å². The van der Waals surface area contributed by atoms with E-state index in [0.29, 0.717) is 37.3 Å². The molecule has 1 aliphatic rings. The second kappa shape index (κ2) is 6.83. The number of hydrogen-bond acceptors (Lipinski definition) is 7. The lowest BCUT2D eigenvalue weighted by Gasteiger charge is -2.31. The third-order valence-electron chi connectivity index (χ3n) is 4.37. The van der Waals surface area contributed by atoms with E-state index in [4.69, 9.17) is 0 Å². The molecule has 3 rings (SSSR count). The van der Waals surface area contributed by atoms with Gasteiger partial charge in [0.1, 0.15) is 5.69 Å². The number of amides is 1. The molecule has 1 saturated heterocycles. The van der Waals surface area contributed by atoms with Crippen LogP contribution >= 0.6 is 11.5 Å². The molecular weight excluding hydrogens is 362 g/mol. The molecule has 1 fully saturated rings. The average molecular weight is 383 g/mol. The molecule has 0 N–H and O–H groups in total. The smallest absolute Gasteiger partial charge is 0.272 e. The van der Waals surface area contributed by atoms with E-state index in [1.807, 2.05) is 13.8 Å². The number of piperidine rings is 1. The summed E-state index contributed by atoms with van der Waals surface area (Å²) >= 11 is 0.919. The molecule has 0 atom stereocenters. The van der Waals surface area contributed by atoms with Crippen molar-refractivity contribution in [3.8, 4) is 0 Å². The molecule has 0 unspecified atom stereocenters. The molecule has 8 nitrogen and oxygen atoms in total. The summed E-state index contributed by atoms with van der Waals surface area (Å²) < 4.78 is 29.5. The lowest BCUT2D eigenvalue weighted by Crippen LogP contribution is -2.39. The maximum atomic E-state index is 12.7. The van der Waals surface area contributed by atoms with Gasteiger partial charge in [0, 0.05) is 49.0 Å². The standard InChI is InChI=1S/C15H21N5O3S2/c1-10(2)20-12(4-7-16-20)14(21)19-8-5-11(6-9-19)13-15(24-18-17-13)25(3,22)23/h4,7,10-11H,5-6,8-9H2,1-3H3. The van der Waals surface area contributed by atoms with Crippen LogP contribution in [-0.4, -0.2) is 57.9 Å². The Morgan fingerprint density at radius 3 is 2.60 bits per heavy atom. The third kappa shape index (κ3) is 3.59. The Bertz CT molecular complexity index is 863. The van der Waals surface area contributed by atoms with Gasteiger partial charge >= 0.3 is 0 Å². The van der Waals surface area contributed by atoms with Gasteiger partial charge in [-0.1, -0.05) is 4.49 Å². The van der Waals surface area contributed by atoms with Crippen molar-refractivity contribution in [3.05, 3.63) is 23.7 Å². The van der Waals surface area contributed by atoms with Gasteiger partial charge in [0.25, 0.3) is 5.91 Å². The molecular formula is C15H21N5O3S2. The number of sulfone groups is 1. The lowest BCUT2D eigenvalue weighted by atomic mass is 9.94. The van der Waals surface area contributed by atoms with Gasteiger partial charge in [-0.2, -0.15) is 5.10 Å². The molecule has 0 radical (unpaired) electrons. The maximum Gasteiger partial charge on any atom is 0.272 e. The van der Waals surface area contributed by atoms with Gasteiger partial charge in [-0.25, -0.2) is 8.42 Å². The monoisotopic (exact) mass is 383 g/mol. The Morgan fingerprint density at radius 2 is 2.00 bits per heavy atom. The summed E-state index contributed by atoms with van der Waals surface area (Å²) in [6.07, 6.45) is 4.17. The summed E-state index contributed by atoms with van der Waals surface area (Å²) in [5, 5.41) is 8.25. The van der Waals surface area contributed by atoms with E-state index < -0.39 is 9.84 Å². The molecule has 0 aromatic carbocycles. The highest BCUT2D eigenvalue weighted by molar-refractivity contribution is 7.92. The van der Waals surface area contributed by atoms with Crippen molar-refractivity contribution in [2.24, 2.45) is 0 Å². The zero-order valence-corrected chi connectivity index (χ0v) is 16.0. The SMILES string of the molecule is CC(C)n1nccc1C(=O)N1CCC(c2nnsc2S(C)(=O)=O)CC1. The molecule has 136 valence electrons. The van der Waals surface area contributed by atoms with Crippen LogP contribution in [0, 0.1) is 0 Å². The van der Waals surface area contributed by atoms with Gasteiger partial charge in [-0.3, -0.25) is 9.48 Å². The van der Waals surface area contributed by atoms with Crippen molar-refractivity contribution in [2.45, 2.75) is 42.9 Å². The van der Waals surface area contributed by atoms with Crippen LogP contribution in [0.15, 0.2) is 16.5 Å². The lowest BCUT2D eigenvalue weighted by molar-refractivity contribution is 0.0696. The van der Waals surface area contributed by atoms with Crippen molar-refractivity contribution in [1.29, 1.82) is 0 Å². The Morgan fingerprint density at radius 1 is 1.32 bits per heavy atom. The first kappa shape index (κ1) is 18.0. The largest absolute Gasteiger partial charge is 0.337 e. The fourth-order valence-corrected chi connectivity index (χ4v) is 4.84. The van der Waals surface area contributed by atoms with Gasteiger partial charge in [-0.05, 0) is 32.8 Å². The van der Waals surface area contributed by atoms with Crippen LogP contribution in [0.25, 0.3) is 0 Å². The predicted octanol–water partition coefficient (Wildman–Crippen LogP) is 1.74. The summed E-state index contributed by atoms with van der Waals surface area (Å²) in [5.41, 5.74) is 1.13. The predicted molar refractivity (Wildman–Crippen MR) is 93.5 cm³/mol. The number of rotatable bonds is 4. The van der Waals surface area contributed by atoms with E-state index in [-0.39, 0.29) is 22.1 Å². The summed E-state index contributed by atoms with van der Waals surface area (Å²) in [7, 11) is -3.32. The van der Waals surface area contributed by atoms with Crippen LogP contribution in [0.4, 0.5) is 0 Å². The molecule has 25 heavy (non-hydrogen) atoms. The topological polar surface area (TPSA) is 98.1 Å². The number of aromatic nitrogens is 4. The number of hydrogen-bond donors (Lipinski definition) is 0. The second-order valence-electron chi connectivity index (χ2n) is 6.54. The highest BCUT2D eigenvalue weighted by Gasteiger charge is 2.31. The first-order valence-electron chi connectivity index (χ1n) is 8.14. The van der Waals surface area contributed by atoms with E-state index in [9.17, 15) is 13.2 Å². The van der Waals surface area contributed by atoms with Crippen molar-refractivity contribution in [1.82, 2.24) is 24.3 Å². The second-order valence-corrected chi connectivity index (χ2v) is 9.50. The molecule has 0 bridgehead atoms. The molecule has 1 aliphatic heterocycles. The minimum Gasteiger partial charge on any atom is -0.337 e. The molecule has 2 aromatic heterocycles. The molecule has 3 heterocycles. The number of nitrogens with zero attached hydrogens (tertiary/aromatic N) is 5. The Kier molecular flexibility index (Phi) is 4.92. The maximum absolute atomic E-state index is 12.7. The Hall–Kier alpha value is -1.81. The summed E-state index contributed by atoms with van der Waals surface area (Å²) in [5.74, 6) is -0.0214. The normalized spacial score (nSPS) is 16.6. The molecule has 2 aromatic rings. The van der Waals surface area contributed by atoms with E-state index in [1.54, 1.807) is 21.8 Å². The Labute approximate surface area is 150 Å². The summed E-state index contributed by atoms with van der Waals surface area (Å²) in [4.78, 5) is 14.5.